The number of rotatable bonds is 5. The zero-order valence-corrected chi connectivity index (χ0v) is 12.5. The van der Waals surface area contributed by atoms with Crippen LogP contribution in [0.15, 0.2) is 6.07 Å². The van der Waals surface area contributed by atoms with E-state index in [0.29, 0.717) is 24.2 Å². The first-order valence-electron chi connectivity index (χ1n) is 7.02. The van der Waals surface area contributed by atoms with E-state index in [2.05, 4.69) is 15.3 Å². The maximum Gasteiger partial charge on any atom is 0.508 e. The molecule has 22 heavy (non-hydrogen) atoms. The minimum absolute atomic E-state index is 0.00512. The van der Waals surface area contributed by atoms with Crippen molar-refractivity contribution in [2.24, 2.45) is 5.92 Å². The van der Waals surface area contributed by atoms with E-state index in [-0.39, 0.29) is 29.4 Å². The molecule has 0 bridgehead atoms. The number of carbonyl (C=O) groups is 1. The van der Waals surface area contributed by atoms with Gasteiger partial charge in [-0.2, -0.15) is 0 Å². The average molecular weight is 307 g/mol. The molecule has 1 fully saturated rings. The first-order valence-corrected chi connectivity index (χ1v) is 7.02. The molecule has 0 aromatic carbocycles. The summed E-state index contributed by atoms with van der Waals surface area (Å²) in [5.41, 5.74) is 6.76. The van der Waals surface area contributed by atoms with Crippen LogP contribution in [0.2, 0.25) is 0 Å². The minimum Gasteiger partial charge on any atom is -0.474 e. The number of nitrogens with zero attached hydrogens (tertiary/aromatic N) is 1. The molecule has 1 aromatic rings. The summed E-state index contributed by atoms with van der Waals surface area (Å²) in [6.45, 7) is 2.39. The maximum atomic E-state index is 11.3. The SMILES string of the molecule is C[NH+]=Cc1c(N)cc(B(O)O)nc1O[C@H](C)[C@H]1CNC(=O)C1. The molecular formula is C13H20BN4O4+. The monoisotopic (exact) mass is 307 g/mol. The van der Waals surface area contributed by atoms with Crippen molar-refractivity contribution < 1.29 is 24.6 Å². The minimum atomic E-state index is -1.74. The van der Waals surface area contributed by atoms with E-state index in [4.69, 9.17) is 10.5 Å². The highest BCUT2D eigenvalue weighted by molar-refractivity contribution is 6.57. The molecule has 0 radical (unpaired) electrons. The van der Waals surface area contributed by atoms with E-state index < -0.39 is 7.12 Å². The van der Waals surface area contributed by atoms with Crippen LogP contribution in [0.5, 0.6) is 5.88 Å². The van der Waals surface area contributed by atoms with Crippen molar-refractivity contribution >= 4 is 30.5 Å². The van der Waals surface area contributed by atoms with E-state index >= 15 is 0 Å². The van der Waals surface area contributed by atoms with Gasteiger partial charge >= 0.3 is 7.12 Å². The van der Waals surface area contributed by atoms with Crippen molar-refractivity contribution in [1.29, 1.82) is 0 Å². The lowest BCUT2D eigenvalue weighted by Crippen LogP contribution is -2.63. The molecule has 1 aromatic heterocycles. The van der Waals surface area contributed by atoms with Crippen molar-refractivity contribution in [2.45, 2.75) is 19.4 Å². The van der Waals surface area contributed by atoms with Gasteiger partial charge in [-0.05, 0) is 13.0 Å². The van der Waals surface area contributed by atoms with Gasteiger partial charge in [0.1, 0.15) is 18.7 Å². The first kappa shape index (κ1) is 16.2. The van der Waals surface area contributed by atoms with Crippen LogP contribution in [-0.2, 0) is 4.79 Å². The summed E-state index contributed by atoms with van der Waals surface area (Å²) in [4.78, 5) is 18.2. The Labute approximate surface area is 128 Å². The number of ether oxygens (including phenoxy) is 1. The molecule has 2 atom stereocenters. The Morgan fingerprint density at radius 2 is 2.36 bits per heavy atom. The smallest absolute Gasteiger partial charge is 0.474 e. The third-order valence-corrected chi connectivity index (χ3v) is 3.60. The summed E-state index contributed by atoms with van der Waals surface area (Å²) in [5, 5.41) is 21.3. The predicted molar refractivity (Wildman–Crippen MR) is 81.7 cm³/mol. The van der Waals surface area contributed by atoms with Gasteiger partial charge < -0.3 is 25.8 Å². The Bertz CT molecular complexity index is 594. The second-order valence-electron chi connectivity index (χ2n) is 5.25. The van der Waals surface area contributed by atoms with Gasteiger partial charge in [0.05, 0.1) is 11.3 Å². The molecule has 9 heteroatoms. The molecule has 2 heterocycles. The van der Waals surface area contributed by atoms with Gasteiger partial charge in [-0.3, -0.25) is 9.79 Å². The Kier molecular flexibility index (Phi) is 4.99. The third-order valence-electron chi connectivity index (χ3n) is 3.60. The Morgan fingerprint density at radius 1 is 1.64 bits per heavy atom. The number of anilines is 1. The van der Waals surface area contributed by atoms with Gasteiger partial charge in [0.25, 0.3) is 0 Å². The number of nitrogens with one attached hydrogen (secondary N) is 2. The highest BCUT2D eigenvalue weighted by Crippen LogP contribution is 2.23. The van der Waals surface area contributed by atoms with Crippen molar-refractivity contribution in [1.82, 2.24) is 10.3 Å². The summed E-state index contributed by atoms with van der Waals surface area (Å²) in [6.07, 6.45) is 1.74. The highest BCUT2D eigenvalue weighted by atomic mass is 16.5. The number of nitrogens with two attached hydrogens (primary N) is 1. The van der Waals surface area contributed by atoms with Crippen LogP contribution in [0, 0.1) is 5.92 Å². The quantitative estimate of drug-likeness (QED) is 0.282. The summed E-state index contributed by atoms with van der Waals surface area (Å²) >= 11 is 0. The van der Waals surface area contributed by atoms with Crippen LogP contribution < -0.4 is 26.4 Å². The van der Waals surface area contributed by atoms with Crippen LogP contribution in [0.1, 0.15) is 18.9 Å². The fraction of sp³-hybridized carbons (Fsp3) is 0.462. The normalized spacial score (nSPS) is 19.3. The number of aromatic nitrogens is 1. The molecule has 0 saturated carbocycles. The lowest BCUT2D eigenvalue weighted by Gasteiger charge is -2.20. The zero-order valence-electron chi connectivity index (χ0n) is 12.5. The van der Waals surface area contributed by atoms with E-state index in [1.165, 1.54) is 6.07 Å². The van der Waals surface area contributed by atoms with Crippen molar-refractivity contribution in [3.05, 3.63) is 11.6 Å². The molecule has 1 aliphatic rings. The second kappa shape index (κ2) is 6.76. The fourth-order valence-electron chi connectivity index (χ4n) is 2.31. The van der Waals surface area contributed by atoms with Gasteiger partial charge in [-0.15, -0.1) is 0 Å². The van der Waals surface area contributed by atoms with Gasteiger partial charge in [-0.25, -0.2) is 4.98 Å². The molecule has 1 saturated heterocycles. The van der Waals surface area contributed by atoms with Crippen LogP contribution in [0.25, 0.3) is 0 Å². The number of hydrogen-bond acceptors (Lipinski definition) is 6. The second-order valence-corrected chi connectivity index (χ2v) is 5.25. The number of nitrogen functional groups attached to an aromatic ring is 1. The van der Waals surface area contributed by atoms with Crippen molar-refractivity contribution in [2.75, 3.05) is 19.3 Å². The van der Waals surface area contributed by atoms with E-state index in [1.807, 2.05) is 6.92 Å². The summed E-state index contributed by atoms with van der Waals surface area (Å²) in [6, 6.07) is 1.38. The average Bonchev–Trinajstić information content (AvgIpc) is 2.89. The number of pyridine rings is 1. The predicted octanol–water partition coefficient (Wildman–Crippen LogP) is -3.62. The third kappa shape index (κ3) is 3.55. The van der Waals surface area contributed by atoms with Gasteiger partial charge in [-0.1, -0.05) is 0 Å². The lowest BCUT2D eigenvalue weighted by molar-refractivity contribution is -0.413. The molecule has 1 amide bonds. The standard InChI is InChI=1S/C13H19BN4O4/c1-7(8-3-12(19)17-5-8)22-13-9(6-16-2)10(15)4-11(18-13)14(20)21/h4,6-8,20-21H,3,5H2,1-2H3,(H2,15,18)(H,17,19)/p+1/t7-,8-/m1/s1. The van der Waals surface area contributed by atoms with Crippen molar-refractivity contribution in [3.63, 3.8) is 0 Å². The van der Waals surface area contributed by atoms with Gasteiger partial charge in [0.2, 0.25) is 11.8 Å². The number of carbonyl (C=O) groups excluding carboxylic acids is 1. The molecule has 0 unspecified atom stereocenters. The molecule has 0 aliphatic carbocycles. The number of amides is 1. The Hall–Kier alpha value is -2.13. The van der Waals surface area contributed by atoms with E-state index in [1.54, 1.807) is 13.3 Å². The molecule has 2 rings (SSSR count). The summed E-state index contributed by atoms with van der Waals surface area (Å²) in [7, 11) is -0.0283. The Morgan fingerprint density at radius 3 is 2.91 bits per heavy atom. The van der Waals surface area contributed by atoms with Gasteiger partial charge in [0.15, 0.2) is 6.21 Å². The van der Waals surface area contributed by atoms with Crippen molar-refractivity contribution in [3.8, 4) is 5.88 Å². The van der Waals surface area contributed by atoms with E-state index in [9.17, 15) is 14.8 Å². The Balaban J connectivity index is 2.29. The molecule has 6 N–H and O–H groups in total. The molecule has 1 aliphatic heterocycles. The van der Waals surface area contributed by atoms with Crippen LogP contribution in [-0.4, -0.2) is 54.0 Å². The lowest BCUT2D eigenvalue weighted by atomic mass is 9.85. The summed E-state index contributed by atoms with van der Waals surface area (Å²) < 4.78 is 5.83. The molecular weight excluding hydrogens is 287 g/mol. The molecule has 118 valence electrons. The largest absolute Gasteiger partial charge is 0.508 e. The topological polar surface area (TPSA) is 132 Å². The van der Waals surface area contributed by atoms with Crippen LogP contribution in [0.3, 0.4) is 0 Å². The fourth-order valence-corrected chi connectivity index (χ4v) is 2.31. The van der Waals surface area contributed by atoms with E-state index in [0.717, 1.165) is 0 Å². The first-order chi connectivity index (χ1) is 10.4. The van der Waals surface area contributed by atoms with Crippen LogP contribution in [0.4, 0.5) is 5.69 Å². The van der Waals surface area contributed by atoms with Gasteiger partial charge in [0, 0.05) is 18.9 Å². The van der Waals surface area contributed by atoms with Crippen LogP contribution >= 0.6 is 0 Å². The highest BCUT2D eigenvalue weighted by Gasteiger charge is 2.29. The maximum absolute atomic E-state index is 11.3. The zero-order chi connectivity index (χ0) is 16.3. The number of hydrogen-bond donors (Lipinski definition) is 5. The molecule has 8 nitrogen and oxygen atoms in total. The molecule has 0 spiro atoms. The summed E-state index contributed by atoms with van der Waals surface area (Å²) in [5.74, 6) is 0.222.